The van der Waals surface area contributed by atoms with Crippen LogP contribution in [0.25, 0.3) is 0 Å². The number of amides is 1. The highest BCUT2D eigenvalue weighted by Gasteiger charge is 2.32. The largest absolute Gasteiger partial charge is 0.394 e. The first kappa shape index (κ1) is 16.6. The Hall–Kier alpha value is -1.46. The van der Waals surface area contributed by atoms with Crippen molar-refractivity contribution < 1.29 is 9.90 Å². The molecule has 0 spiro atoms. The number of carbonyl (C=O) groups is 1. The fourth-order valence-electron chi connectivity index (χ4n) is 1.80. The van der Waals surface area contributed by atoms with Crippen LogP contribution in [-0.4, -0.2) is 40.1 Å². The van der Waals surface area contributed by atoms with E-state index in [0.29, 0.717) is 6.42 Å². The monoisotopic (exact) mass is 294 g/mol. The van der Waals surface area contributed by atoms with E-state index < -0.39 is 11.5 Å². The topological polar surface area (TPSA) is 66.6 Å². The molecule has 1 rings (SSSR count). The third kappa shape index (κ3) is 4.02. The molecule has 1 aromatic carbocycles. The molecular formula is C15H22N2O2S. The minimum atomic E-state index is -0.642. The Morgan fingerprint density at radius 1 is 1.40 bits per heavy atom. The van der Waals surface area contributed by atoms with Crippen molar-refractivity contribution in [1.82, 2.24) is 4.90 Å². The van der Waals surface area contributed by atoms with Gasteiger partial charge in [0.05, 0.1) is 23.1 Å². The van der Waals surface area contributed by atoms with Crippen LogP contribution < -0.4 is 5.73 Å². The van der Waals surface area contributed by atoms with E-state index >= 15 is 0 Å². The molecule has 0 radical (unpaired) electrons. The summed E-state index contributed by atoms with van der Waals surface area (Å²) in [6, 6.07) is 9.63. The van der Waals surface area contributed by atoms with Crippen LogP contribution in [0, 0.1) is 5.92 Å². The van der Waals surface area contributed by atoms with Gasteiger partial charge in [-0.15, -0.1) is 0 Å². The maximum absolute atomic E-state index is 12.5. The lowest BCUT2D eigenvalue weighted by atomic mass is 9.95. The van der Waals surface area contributed by atoms with Crippen molar-refractivity contribution in [2.45, 2.75) is 25.8 Å². The Labute approximate surface area is 125 Å². The van der Waals surface area contributed by atoms with Crippen LogP contribution in [-0.2, 0) is 11.2 Å². The van der Waals surface area contributed by atoms with Gasteiger partial charge < -0.3 is 15.7 Å². The molecule has 0 aliphatic rings. The molecule has 1 amide bonds. The maximum Gasteiger partial charge on any atom is 0.233 e. The molecule has 1 aromatic rings. The fourth-order valence-corrected chi connectivity index (χ4v) is 1.98. The molecule has 0 aliphatic heterocycles. The Morgan fingerprint density at radius 3 is 2.40 bits per heavy atom. The Balaban J connectivity index is 2.92. The van der Waals surface area contributed by atoms with Gasteiger partial charge in [0.1, 0.15) is 0 Å². The van der Waals surface area contributed by atoms with E-state index in [2.05, 4.69) is 0 Å². The predicted molar refractivity (Wildman–Crippen MR) is 84.4 cm³/mol. The van der Waals surface area contributed by atoms with Crippen LogP contribution in [0.2, 0.25) is 0 Å². The van der Waals surface area contributed by atoms with Gasteiger partial charge in [0.15, 0.2) is 0 Å². The Kier molecular flexibility index (Phi) is 5.65. The van der Waals surface area contributed by atoms with Gasteiger partial charge in [-0.3, -0.25) is 4.79 Å². The summed E-state index contributed by atoms with van der Waals surface area (Å²) < 4.78 is 0. The number of aliphatic hydroxyl groups is 1. The van der Waals surface area contributed by atoms with Crippen molar-refractivity contribution in [3.63, 3.8) is 0 Å². The van der Waals surface area contributed by atoms with Crippen LogP contribution in [0.1, 0.15) is 19.4 Å². The molecule has 0 fully saturated rings. The van der Waals surface area contributed by atoms with Gasteiger partial charge in [-0.2, -0.15) is 0 Å². The second-order valence-corrected chi connectivity index (χ2v) is 5.98. The van der Waals surface area contributed by atoms with Crippen LogP contribution in [0.4, 0.5) is 0 Å². The minimum Gasteiger partial charge on any atom is -0.394 e. The van der Waals surface area contributed by atoms with Crippen LogP contribution in [0.5, 0.6) is 0 Å². The number of aliphatic hydroxyl groups excluding tert-OH is 1. The van der Waals surface area contributed by atoms with Gasteiger partial charge in [-0.25, -0.2) is 0 Å². The lowest BCUT2D eigenvalue weighted by Gasteiger charge is -2.36. The first-order valence-corrected chi connectivity index (χ1v) is 6.92. The lowest BCUT2D eigenvalue weighted by molar-refractivity contribution is -0.138. The SMILES string of the molecule is CN(C(=O)C(Cc1ccccc1)C(N)=S)C(C)(C)CO. The molecular weight excluding hydrogens is 272 g/mol. The molecule has 0 aliphatic carbocycles. The molecule has 1 unspecified atom stereocenters. The summed E-state index contributed by atoms with van der Waals surface area (Å²) in [4.78, 5) is 14.2. The summed E-state index contributed by atoms with van der Waals surface area (Å²) in [6.07, 6.45) is 0.473. The first-order valence-electron chi connectivity index (χ1n) is 6.51. The molecule has 110 valence electrons. The number of carbonyl (C=O) groups excluding carboxylic acids is 1. The summed E-state index contributed by atoms with van der Waals surface area (Å²) in [7, 11) is 1.66. The fraction of sp³-hybridized carbons (Fsp3) is 0.467. The molecule has 5 heteroatoms. The Morgan fingerprint density at radius 2 is 1.95 bits per heavy atom. The van der Waals surface area contributed by atoms with E-state index in [-0.39, 0.29) is 17.5 Å². The van der Waals surface area contributed by atoms with Crippen molar-refractivity contribution in [2.75, 3.05) is 13.7 Å². The highest BCUT2D eigenvalue weighted by atomic mass is 32.1. The van der Waals surface area contributed by atoms with Crippen molar-refractivity contribution in [2.24, 2.45) is 11.7 Å². The molecule has 3 N–H and O–H groups in total. The summed E-state index contributed by atoms with van der Waals surface area (Å²) in [5, 5.41) is 9.37. The van der Waals surface area contributed by atoms with Crippen LogP contribution >= 0.6 is 12.2 Å². The molecule has 0 aromatic heterocycles. The molecule has 0 saturated heterocycles. The van der Waals surface area contributed by atoms with Gasteiger partial charge in [-0.1, -0.05) is 42.5 Å². The average Bonchev–Trinajstić information content (AvgIpc) is 2.44. The average molecular weight is 294 g/mol. The van der Waals surface area contributed by atoms with E-state index in [1.807, 2.05) is 30.3 Å². The molecule has 0 heterocycles. The second-order valence-electron chi connectivity index (χ2n) is 5.51. The normalized spacial score (nSPS) is 12.8. The number of benzene rings is 1. The highest BCUT2D eigenvalue weighted by molar-refractivity contribution is 7.80. The van der Waals surface area contributed by atoms with Gasteiger partial charge in [0, 0.05) is 7.05 Å². The van der Waals surface area contributed by atoms with E-state index in [9.17, 15) is 9.90 Å². The summed E-state index contributed by atoms with van der Waals surface area (Å²) in [5.74, 6) is -0.719. The maximum atomic E-state index is 12.5. The number of thiocarbonyl (C=S) groups is 1. The quantitative estimate of drug-likeness (QED) is 0.778. The summed E-state index contributed by atoms with van der Waals surface area (Å²) in [6.45, 7) is 3.47. The van der Waals surface area contributed by atoms with Gasteiger partial charge >= 0.3 is 0 Å². The summed E-state index contributed by atoms with van der Waals surface area (Å²) >= 11 is 5.04. The highest BCUT2D eigenvalue weighted by Crippen LogP contribution is 2.18. The Bertz CT molecular complexity index is 474. The van der Waals surface area contributed by atoms with Gasteiger partial charge in [0.25, 0.3) is 0 Å². The van der Waals surface area contributed by atoms with Crippen LogP contribution in [0.15, 0.2) is 30.3 Å². The third-order valence-electron chi connectivity index (χ3n) is 3.55. The summed E-state index contributed by atoms with van der Waals surface area (Å²) in [5.41, 5.74) is 6.10. The van der Waals surface area contributed by atoms with Crippen molar-refractivity contribution in [3.05, 3.63) is 35.9 Å². The lowest BCUT2D eigenvalue weighted by Crippen LogP contribution is -2.52. The number of rotatable bonds is 6. The van der Waals surface area contributed by atoms with Crippen molar-refractivity contribution in [1.29, 1.82) is 0 Å². The minimum absolute atomic E-state index is 0.120. The number of hydrogen-bond acceptors (Lipinski definition) is 3. The van der Waals surface area contributed by atoms with Crippen molar-refractivity contribution >= 4 is 23.1 Å². The number of hydrogen-bond donors (Lipinski definition) is 2. The second kappa shape index (κ2) is 6.81. The molecule has 1 atom stereocenters. The number of nitrogens with zero attached hydrogens (tertiary/aromatic N) is 1. The smallest absolute Gasteiger partial charge is 0.233 e. The van der Waals surface area contributed by atoms with E-state index in [4.69, 9.17) is 18.0 Å². The van der Waals surface area contributed by atoms with E-state index in [1.165, 1.54) is 4.90 Å². The molecule has 0 saturated carbocycles. The van der Waals surface area contributed by atoms with Crippen molar-refractivity contribution in [3.8, 4) is 0 Å². The molecule has 0 bridgehead atoms. The van der Waals surface area contributed by atoms with E-state index in [1.54, 1.807) is 20.9 Å². The molecule has 20 heavy (non-hydrogen) atoms. The zero-order chi connectivity index (χ0) is 15.3. The number of nitrogens with two attached hydrogens (primary N) is 1. The third-order valence-corrected chi connectivity index (χ3v) is 3.83. The first-order chi connectivity index (χ1) is 9.29. The zero-order valence-corrected chi connectivity index (χ0v) is 13.0. The van der Waals surface area contributed by atoms with Gasteiger partial charge in [-0.05, 0) is 25.8 Å². The zero-order valence-electron chi connectivity index (χ0n) is 12.2. The van der Waals surface area contributed by atoms with Crippen LogP contribution in [0.3, 0.4) is 0 Å². The van der Waals surface area contributed by atoms with E-state index in [0.717, 1.165) is 5.56 Å². The molecule has 4 nitrogen and oxygen atoms in total. The predicted octanol–water partition coefficient (Wildman–Crippen LogP) is 1.36. The number of likely N-dealkylation sites (N-methyl/N-ethyl adjacent to an activating group) is 1. The van der Waals surface area contributed by atoms with Gasteiger partial charge in [0.2, 0.25) is 5.91 Å². The standard InChI is InChI=1S/C15H22N2O2S/c1-15(2,10-18)17(3)14(19)12(13(16)20)9-11-7-5-4-6-8-11/h4-8,12,18H,9-10H2,1-3H3,(H2,16,20).